The quantitative estimate of drug-likeness (QED) is 0.475. The number of rotatable bonds is 0. The molecule has 0 aliphatic heterocycles. The lowest BCUT2D eigenvalue weighted by molar-refractivity contribution is -0.117. The zero-order valence-corrected chi connectivity index (χ0v) is 11.9. The van der Waals surface area contributed by atoms with Crippen molar-refractivity contribution in [3.05, 3.63) is 22.1 Å². The van der Waals surface area contributed by atoms with Crippen LogP contribution in [0.5, 0.6) is 0 Å². The second-order valence-electron chi connectivity index (χ2n) is 3.73. The Balaban J connectivity index is 0.000000956. The number of aryl methyl sites for hydroxylation is 1. The molecule has 2 heterocycles. The van der Waals surface area contributed by atoms with Gasteiger partial charge in [0.1, 0.15) is 0 Å². The number of H-pyrrole nitrogens is 1. The number of nitrogen functional groups attached to an aromatic ring is 1. The van der Waals surface area contributed by atoms with E-state index in [1.165, 1.54) is 6.92 Å². The maximum absolute atomic E-state index is 11.8. The number of nitrogens with zero attached hydrogens (tertiary/aromatic N) is 2. The number of hydrogen-bond acceptors (Lipinski definition) is 4. The van der Waals surface area contributed by atoms with Crippen LogP contribution in [0.15, 0.2) is 11.0 Å². The minimum Gasteiger partial charge on any atom is -0.369 e. The maximum Gasteiger partial charge on any atom is 0.263 e. The lowest BCUT2D eigenvalue weighted by Gasteiger charge is -1.95. The summed E-state index contributed by atoms with van der Waals surface area (Å²) in [7, 11) is 1.73. The third-order valence-electron chi connectivity index (χ3n) is 2.28. The Kier molecular flexibility index (Phi) is 4.92. The Hall–Kier alpha value is -2.75. The number of hydrogen-bond donors (Lipinski definition) is 3. The molecule has 0 radical (unpaired) electrons. The molecule has 4 N–H and O–H groups in total. The number of aromatic amines is 1. The van der Waals surface area contributed by atoms with Crippen molar-refractivity contribution in [3.63, 3.8) is 0 Å². The first kappa shape index (κ1) is 15.3. The number of nitrogens with one attached hydrogen (secondary N) is 2. The van der Waals surface area contributed by atoms with Gasteiger partial charge in [0.2, 0.25) is 11.9 Å². The van der Waals surface area contributed by atoms with Gasteiger partial charge in [0.05, 0.1) is 10.9 Å². The van der Waals surface area contributed by atoms with Crippen LogP contribution < -0.4 is 16.6 Å². The van der Waals surface area contributed by atoms with Crippen molar-refractivity contribution in [1.82, 2.24) is 19.9 Å². The molecule has 0 aliphatic carbocycles. The highest BCUT2D eigenvalue weighted by molar-refractivity contribution is 5.83. The van der Waals surface area contributed by atoms with E-state index in [1.807, 2.05) is 13.8 Å². The normalized spacial score (nSPS) is 9.20. The first-order valence-electron chi connectivity index (χ1n) is 6.11. The molecule has 2 aromatic rings. The molecule has 0 saturated heterocycles. The Morgan fingerprint density at radius 3 is 2.75 bits per heavy atom. The fraction of sp³-hybridized carbons (Fsp3) is 0.308. The van der Waals surface area contributed by atoms with E-state index >= 15 is 0 Å². The van der Waals surface area contributed by atoms with Crippen LogP contribution in [0, 0.1) is 12.0 Å². The summed E-state index contributed by atoms with van der Waals surface area (Å²) in [6.07, 6.45) is 1.65. The largest absolute Gasteiger partial charge is 0.369 e. The van der Waals surface area contributed by atoms with E-state index in [9.17, 15) is 9.59 Å². The SMILES string of the molecule is CC.CC(=O)NC#Cc1cn(C)c2nc(N)[nH]c(=O)c12. The molecule has 0 unspecified atom stereocenters. The minimum absolute atomic E-state index is 0.0510. The molecule has 1 amide bonds. The lowest BCUT2D eigenvalue weighted by atomic mass is 10.2. The van der Waals surface area contributed by atoms with Crippen molar-refractivity contribution in [3.8, 4) is 12.0 Å². The number of aromatic nitrogens is 3. The molecule has 2 aromatic heterocycles. The molecule has 7 heteroatoms. The Morgan fingerprint density at radius 2 is 2.15 bits per heavy atom. The molecule has 2 rings (SSSR count). The van der Waals surface area contributed by atoms with E-state index in [-0.39, 0.29) is 17.4 Å². The number of fused-ring (bicyclic) bond motifs is 1. The molecule has 0 aromatic carbocycles. The first-order chi connectivity index (χ1) is 9.49. The monoisotopic (exact) mass is 275 g/mol. The summed E-state index contributed by atoms with van der Waals surface area (Å²) in [5, 5.41) is 2.68. The van der Waals surface area contributed by atoms with E-state index in [0.29, 0.717) is 16.6 Å². The van der Waals surface area contributed by atoms with Gasteiger partial charge in [-0.1, -0.05) is 13.8 Å². The Morgan fingerprint density at radius 1 is 1.50 bits per heavy atom. The van der Waals surface area contributed by atoms with Gasteiger partial charge < -0.3 is 10.3 Å². The van der Waals surface area contributed by atoms with Crippen molar-refractivity contribution in [1.29, 1.82) is 0 Å². The Bertz CT molecular complexity index is 746. The van der Waals surface area contributed by atoms with Crippen molar-refractivity contribution >= 4 is 22.9 Å². The summed E-state index contributed by atoms with van der Waals surface area (Å²) in [4.78, 5) is 28.9. The lowest BCUT2D eigenvalue weighted by Crippen LogP contribution is -2.13. The highest BCUT2D eigenvalue weighted by atomic mass is 16.1. The fourth-order valence-electron chi connectivity index (χ4n) is 1.58. The number of nitrogens with two attached hydrogens (primary N) is 1. The smallest absolute Gasteiger partial charge is 0.263 e. The van der Waals surface area contributed by atoms with Gasteiger partial charge in [-0.05, 0) is 5.92 Å². The van der Waals surface area contributed by atoms with Crippen LogP contribution in [-0.2, 0) is 11.8 Å². The molecule has 20 heavy (non-hydrogen) atoms. The van der Waals surface area contributed by atoms with Crippen molar-refractivity contribution < 1.29 is 4.79 Å². The van der Waals surface area contributed by atoms with Crippen LogP contribution in [0.2, 0.25) is 0 Å². The third kappa shape index (κ3) is 3.17. The van der Waals surface area contributed by atoms with Crippen LogP contribution in [0.4, 0.5) is 5.95 Å². The second-order valence-corrected chi connectivity index (χ2v) is 3.73. The van der Waals surface area contributed by atoms with Crippen molar-refractivity contribution in [2.45, 2.75) is 20.8 Å². The highest BCUT2D eigenvalue weighted by Gasteiger charge is 2.10. The molecular formula is C13H17N5O2. The van der Waals surface area contributed by atoms with Gasteiger partial charge in [0, 0.05) is 26.2 Å². The fourth-order valence-corrected chi connectivity index (χ4v) is 1.58. The van der Waals surface area contributed by atoms with E-state index in [4.69, 9.17) is 5.73 Å². The van der Waals surface area contributed by atoms with Crippen LogP contribution in [0.3, 0.4) is 0 Å². The molecule has 0 bridgehead atoms. The number of anilines is 1. The van der Waals surface area contributed by atoms with E-state index in [2.05, 4.69) is 27.2 Å². The molecule has 7 nitrogen and oxygen atoms in total. The summed E-state index contributed by atoms with van der Waals surface area (Å²) in [6.45, 7) is 5.35. The van der Waals surface area contributed by atoms with E-state index in [1.54, 1.807) is 17.8 Å². The van der Waals surface area contributed by atoms with Gasteiger partial charge in [0.25, 0.3) is 5.56 Å². The summed E-state index contributed by atoms with van der Waals surface area (Å²) in [5.41, 5.74) is 6.04. The number of carbonyl (C=O) groups excluding carboxylic acids is 1. The maximum atomic E-state index is 11.8. The standard InChI is InChI=1S/C11H11N5O2.C2H6/c1-6(17)13-4-3-7-5-16(2)9-8(7)10(18)15-11(12)14-9;1-2/h5H,1-2H3,(H,13,17)(H3,12,14,15,18);1-2H3. The molecule has 0 aliphatic rings. The molecule has 0 spiro atoms. The van der Waals surface area contributed by atoms with Gasteiger partial charge in [-0.25, -0.2) is 0 Å². The average molecular weight is 275 g/mol. The third-order valence-corrected chi connectivity index (χ3v) is 2.28. The van der Waals surface area contributed by atoms with Gasteiger partial charge in [-0.2, -0.15) is 4.98 Å². The molecule has 0 atom stereocenters. The Labute approximate surface area is 116 Å². The molecule has 0 fully saturated rings. The average Bonchev–Trinajstić information content (AvgIpc) is 2.68. The molecular weight excluding hydrogens is 258 g/mol. The molecule has 0 saturated carbocycles. The van der Waals surface area contributed by atoms with Gasteiger partial charge in [-0.3, -0.25) is 19.9 Å². The number of amides is 1. The van der Waals surface area contributed by atoms with Crippen LogP contribution in [0.1, 0.15) is 26.3 Å². The van der Waals surface area contributed by atoms with Crippen molar-refractivity contribution in [2.24, 2.45) is 7.05 Å². The summed E-state index contributed by atoms with van der Waals surface area (Å²) in [5.74, 6) is 2.48. The van der Waals surface area contributed by atoms with Crippen LogP contribution >= 0.6 is 0 Å². The summed E-state index contributed by atoms with van der Waals surface area (Å²) < 4.78 is 1.65. The van der Waals surface area contributed by atoms with Gasteiger partial charge in [-0.15, -0.1) is 0 Å². The predicted molar refractivity (Wildman–Crippen MR) is 77.8 cm³/mol. The number of carbonyl (C=O) groups is 1. The van der Waals surface area contributed by atoms with Crippen LogP contribution in [0.25, 0.3) is 11.0 Å². The minimum atomic E-state index is -0.356. The summed E-state index contributed by atoms with van der Waals surface area (Å²) in [6, 6.07) is 2.47. The second kappa shape index (κ2) is 6.43. The zero-order valence-electron chi connectivity index (χ0n) is 11.9. The van der Waals surface area contributed by atoms with E-state index < -0.39 is 0 Å². The van der Waals surface area contributed by atoms with Crippen LogP contribution in [-0.4, -0.2) is 20.4 Å². The van der Waals surface area contributed by atoms with Gasteiger partial charge >= 0.3 is 0 Å². The van der Waals surface area contributed by atoms with E-state index in [0.717, 1.165) is 0 Å². The first-order valence-corrected chi connectivity index (χ1v) is 6.11. The van der Waals surface area contributed by atoms with Crippen molar-refractivity contribution in [2.75, 3.05) is 5.73 Å². The van der Waals surface area contributed by atoms with Gasteiger partial charge in [0.15, 0.2) is 5.65 Å². The topological polar surface area (TPSA) is 106 Å². The zero-order chi connectivity index (χ0) is 15.3. The predicted octanol–water partition coefficient (Wildman–Crippen LogP) is 0.315. The summed E-state index contributed by atoms with van der Waals surface area (Å²) >= 11 is 0. The highest BCUT2D eigenvalue weighted by Crippen LogP contribution is 2.13. The molecule has 106 valence electrons.